The first-order chi connectivity index (χ1) is 20.4. The summed E-state index contributed by atoms with van der Waals surface area (Å²) in [6.45, 7) is 4.45. The largest absolute Gasteiger partial charge is 0.457 e. The first-order valence-electron chi connectivity index (χ1n) is 13.4. The second-order valence-electron chi connectivity index (χ2n) is 9.92. The molecule has 4 aliphatic rings. The molecule has 0 saturated carbocycles. The minimum atomic E-state index is -3.40. The number of benzene rings is 4. The number of Topliss-reactive ketones (excluding diaryl/α,β-unsaturated/α-hetero) is 1. The highest BCUT2D eigenvalue weighted by Gasteiger charge is 2.48. The van der Waals surface area contributed by atoms with Crippen molar-refractivity contribution in [2.45, 2.75) is 13.8 Å². The van der Waals surface area contributed by atoms with Gasteiger partial charge in [-0.05, 0) is 38.1 Å². The quantitative estimate of drug-likeness (QED) is 0.189. The molecule has 0 unspecified atom stereocenters. The summed E-state index contributed by atoms with van der Waals surface area (Å²) in [6.07, 6.45) is 0. The number of carbonyl (C=O) groups excluding carboxylic acids is 1. The van der Waals surface area contributed by atoms with E-state index >= 15 is 0 Å². The minimum Gasteiger partial charge on any atom is -0.413 e. The monoisotopic (exact) mass is 619 g/mol. The van der Waals surface area contributed by atoms with Gasteiger partial charge in [0.05, 0.1) is 0 Å². The summed E-state index contributed by atoms with van der Waals surface area (Å²) in [5, 5.41) is 6.99. The number of hydrogen-bond acceptors (Lipinski definition) is 10. The normalized spacial score (nSPS) is 18.9. The lowest BCUT2D eigenvalue weighted by Crippen LogP contribution is -2.12. The Morgan fingerprint density at radius 1 is 0.548 bits per heavy atom. The van der Waals surface area contributed by atoms with E-state index in [9.17, 15) is 4.79 Å². The topological polar surface area (TPSA) is 115 Å². The van der Waals surface area contributed by atoms with E-state index in [1.165, 1.54) is 13.8 Å². The van der Waals surface area contributed by atoms with Crippen LogP contribution in [0.1, 0.15) is 13.8 Å². The molecule has 13 heteroatoms. The third kappa shape index (κ3) is 5.00. The highest BCUT2D eigenvalue weighted by Crippen LogP contribution is 2.78. The zero-order valence-electron chi connectivity index (χ0n) is 22.9. The number of fused-ring (bicyclic) bond motifs is 6. The van der Waals surface area contributed by atoms with Crippen molar-refractivity contribution in [2.24, 2.45) is 13.5 Å². The Hall–Kier alpha value is -3.64. The maximum atomic E-state index is 9.44. The van der Waals surface area contributed by atoms with E-state index in [0.717, 1.165) is 22.3 Å². The Bertz CT molecular complexity index is 1690. The molecule has 0 amide bonds. The van der Waals surface area contributed by atoms with Crippen LogP contribution in [0.4, 0.5) is 0 Å². The maximum absolute atomic E-state index is 9.44. The fourth-order valence-electron chi connectivity index (χ4n) is 4.90. The maximum Gasteiger partial charge on any atom is 0.457 e. The van der Waals surface area contributed by atoms with Crippen LogP contribution in [-0.4, -0.2) is 18.9 Å². The number of hydrogen-bond donors (Lipinski definition) is 2. The van der Waals surface area contributed by atoms with Crippen LogP contribution in [0, 0.1) is 0 Å². The average molecular weight is 619 g/mol. The lowest BCUT2D eigenvalue weighted by Gasteiger charge is -2.31. The molecule has 0 aliphatic carbocycles. The molecule has 8 rings (SSSR count). The van der Waals surface area contributed by atoms with Gasteiger partial charge in [-0.3, -0.25) is 10.2 Å². The average Bonchev–Trinajstić information content (AvgIpc) is 3.28. The molecule has 4 aromatic rings. The second kappa shape index (κ2) is 10.6. The van der Waals surface area contributed by atoms with Crippen molar-refractivity contribution in [3.05, 3.63) is 97.1 Å². The van der Waals surface area contributed by atoms with Gasteiger partial charge in [0.15, 0.2) is 0 Å². The molecule has 4 heterocycles. The van der Waals surface area contributed by atoms with E-state index in [0.29, 0.717) is 36.1 Å². The molecule has 0 bridgehead atoms. The van der Waals surface area contributed by atoms with Crippen LogP contribution in [0.3, 0.4) is 0 Å². The Balaban J connectivity index is 0.000000680. The van der Waals surface area contributed by atoms with Crippen molar-refractivity contribution in [3.63, 3.8) is 0 Å². The Morgan fingerprint density at radius 2 is 0.857 bits per heavy atom. The zero-order chi connectivity index (χ0) is 28.8. The molecular formula is C29H28N5O5P3. The van der Waals surface area contributed by atoms with Gasteiger partial charge in [0.25, 0.3) is 0 Å². The SMILES string of the molecule is CC(C)=O.c1ccc2c(c1)OP1(=NP3(=NP4(=N1)Oc1ccccc1-c1ccccc1O4)NCCN3)Oc1ccccc1-2. The smallest absolute Gasteiger partial charge is 0.413 e. The first-order valence-corrected chi connectivity index (χ1v) is 18.2. The van der Waals surface area contributed by atoms with Crippen molar-refractivity contribution in [2.75, 3.05) is 13.1 Å². The number of para-hydroxylation sites is 4. The number of nitrogens with zero attached hydrogens (tertiary/aromatic N) is 3. The summed E-state index contributed by atoms with van der Waals surface area (Å²) in [4.78, 5) is 9.44. The lowest BCUT2D eigenvalue weighted by atomic mass is 10.0. The van der Waals surface area contributed by atoms with Crippen molar-refractivity contribution in [1.82, 2.24) is 10.2 Å². The van der Waals surface area contributed by atoms with Crippen LogP contribution < -0.4 is 28.3 Å². The molecule has 0 aromatic heterocycles. The molecular weight excluding hydrogens is 591 g/mol. The van der Waals surface area contributed by atoms with E-state index in [1.807, 2.05) is 97.1 Å². The van der Waals surface area contributed by atoms with Gasteiger partial charge in [0, 0.05) is 35.3 Å². The van der Waals surface area contributed by atoms with Crippen LogP contribution >= 0.6 is 22.8 Å². The standard InChI is InChI=1S/C26H22N5O4P3.C3H6O/c1-5-13-23-19(9-1)20-10-2-6-14-24(20)33-37(32-23)29-36(27-17-18-28-36)30-38(31-37)34-25-15-7-3-11-21(25)22-12-4-8-16-26(22)35-38;1-3(2)4/h1-16,27-28H,17-18H2;1-2H3. The van der Waals surface area contributed by atoms with Gasteiger partial charge in [-0.15, -0.1) is 9.03 Å². The molecule has 1 fully saturated rings. The molecule has 1 saturated heterocycles. The summed E-state index contributed by atoms with van der Waals surface area (Å²) < 4.78 is 42.3. The van der Waals surface area contributed by atoms with Gasteiger partial charge < -0.3 is 22.9 Å². The molecule has 10 nitrogen and oxygen atoms in total. The van der Waals surface area contributed by atoms with Gasteiger partial charge in [-0.2, -0.15) is 0 Å². The molecule has 3 spiro atoms. The number of ketones is 1. The highest BCUT2D eigenvalue weighted by molar-refractivity contribution is 7.80. The number of rotatable bonds is 0. The Morgan fingerprint density at radius 3 is 1.21 bits per heavy atom. The lowest BCUT2D eigenvalue weighted by molar-refractivity contribution is -0.115. The third-order valence-electron chi connectivity index (χ3n) is 6.50. The summed E-state index contributed by atoms with van der Waals surface area (Å²) in [5.41, 5.74) is 3.66. The van der Waals surface area contributed by atoms with E-state index in [1.54, 1.807) is 0 Å². The van der Waals surface area contributed by atoms with Crippen LogP contribution in [-0.2, 0) is 4.79 Å². The van der Waals surface area contributed by atoms with Crippen LogP contribution in [0.15, 0.2) is 111 Å². The molecule has 42 heavy (non-hydrogen) atoms. The van der Waals surface area contributed by atoms with Crippen molar-refractivity contribution >= 4 is 28.6 Å². The summed E-state index contributed by atoms with van der Waals surface area (Å²) in [5.74, 6) is 2.75. The summed E-state index contributed by atoms with van der Waals surface area (Å²) >= 11 is 0. The van der Waals surface area contributed by atoms with E-state index in [4.69, 9.17) is 31.6 Å². The van der Waals surface area contributed by atoms with Crippen LogP contribution in [0.5, 0.6) is 23.0 Å². The fourth-order valence-corrected chi connectivity index (χ4v) is 14.9. The fraction of sp³-hybridized carbons (Fsp3) is 0.138. The zero-order valence-corrected chi connectivity index (χ0v) is 25.6. The molecule has 4 aliphatic heterocycles. The van der Waals surface area contributed by atoms with Gasteiger partial charge in [-0.25, -0.2) is 0 Å². The Kier molecular flexibility index (Phi) is 6.85. The van der Waals surface area contributed by atoms with Crippen molar-refractivity contribution in [1.29, 1.82) is 0 Å². The minimum absolute atomic E-state index is 0.167. The van der Waals surface area contributed by atoms with E-state index < -0.39 is 22.8 Å². The second-order valence-corrected chi connectivity index (χ2v) is 16.6. The van der Waals surface area contributed by atoms with Gasteiger partial charge >= 0.3 is 15.3 Å². The predicted molar refractivity (Wildman–Crippen MR) is 167 cm³/mol. The third-order valence-corrected chi connectivity index (χ3v) is 15.3. The summed E-state index contributed by atoms with van der Waals surface area (Å²) in [6, 6.07) is 31.4. The van der Waals surface area contributed by atoms with Crippen LogP contribution in [0.25, 0.3) is 22.3 Å². The Labute approximate surface area is 244 Å². The molecule has 0 radical (unpaired) electrons. The van der Waals surface area contributed by atoms with Crippen molar-refractivity contribution < 1.29 is 22.9 Å². The predicted octanol–water partition coefficient (Wildman–Crippen LogP) is 8.90. The van der Waals surface area contributed by atoms with Crippen molar-refractivity contribution in [3.8, 4) is 45.3 Å². The summed E-state index contributed by atoms with van der Waals surface area (Å²) in [7, 11) is -9.55. The molecule has 4 aromatic carbocycles. The van der Waals surface area contributed by atoms with E-state index in [-0.39, 0.29) is 5.78 Å². The molecule has 214 valence electrons. The number of nitrogens with one attached hydrogen (secondary N) is 2. The van der Waals surface area contributed by atoms with Crippen LogP contribution in [0.2, 0.25) is 0 Å². The van der Waals surface area contributed by atoms with E-state index in [2.05, 4.69) is 10.2 Å². The first kappa shape index (κ1) is 27.2. The molecule has 2 N–H and O–H groups in total. The van der Waals surface area contributed by atoms with Gasteiger partial charge in [0.1, 0.15) is 28.8 Å². The highest BCUT2D eigenvalue weighted by atomic mass is 31.3. The molecule has 0 atom stereocenters. The van der Waals surface area contributed by atoms with Gasteiger partial charge in [0.2, 0.25) is 7.51 Å². The number of carbonyl (C=O) groups is 1. The van der Waals surface area contributed by atoms with Gasteiger partial charge in [-0.1, -0.05) is 77.3 Å².